The van der Waals surface area contributed by atoms with Crippen LogP contribution < -0.4 is 4.90 Å². The van der Waals surface area contributed by atoms with Gasteiger partial charge >= 0.3 is 0 Å². The van der Waals surface area contributed by atoms with Crippen molar-refractivity contribution in [2.75, 3.05) is 25.1 Å². The predicted molar refractivity (Wildman–Crippen MR) is 70.4 cm³/mol. The van der Waals surface area contributed by atoms with Gasteiger partial charge in [0.1, 0.15) is 5.82 Å². The van der Waals surface area contributed by atoms with E-state index in [9.17, 15) is 0 Å². The molecule has 0 amide bonds. The summed E-state index contributed by atoms with van der Waals surface area (Å²) in [6, 6.07) is 6.33. The van der Waals surface area contributed by atoms with Crippen LogP contribution >= 0.6 is 0 Å². The number of rotatable bonds is 4. The topological polar surface area (TPSA) is 25.4 Å². The first-order valence-corrected chi connectivity index (χ1v) is 6.42. The SMILES string of the molecule is CO[C@H]1CCN(c2cccc(CC(C)C)n2)C1. The number of anilines is 1. The number of methoxy groups -OCH3 is 1. The molecule has 0 aromatic carbocycles. The van der Waals surface area contributed by atoms with E-state index in [0.717, 1.165) is 31.7 Å². The molecule has 0 spiro atoms. The normalized spacial score (nSPS) is 20.2. The minimum Gasteiger partial charge on any atom is -0.380 e. The zero-order valence-electron chi connectivity index (χ0n) is 11.0. The number of pyridine rings is 1. The van der Waals surface area contributed by atoms with Crippen molar-refractivity contribution in [3.05, 3.63) is 23.9 Å². The zero-order chi connectivity index (χ0) is 12.3. The van der Waals surface area contributed by atoms with Gasteiger partial charge < -0.3 is 9.64 Å². The maximum atomic E-state index is 5.39. The van der Waals surface area contributed by atoms with Gasteiger partial charge in [-0.1, -0.05) is 19.9 Å². The Labute approximate surface area is 104 Å². The second-order valence-corrected chi connectivity index (χ2v) is 5.18. The minimum absolute atomic E-state index is 0.366. The lowest BCUT2D eigenvalue weighted by atomic mass is 10.1. The van der Waals surface area contributed by atoms with Crippen molar-refractivity contribution < 1.29 is 4.74 Å². The quantitative estimate of drug-likeness (QED) is 0.800. The molecule has 1 fully saturated rings. The van der Waals surface area contributed by atoms with E-state index in [-0.39, 0.29) is 0 Å². The van der Waals surface area contributed by atoms with Gasteiger partial charge in [0.2, 0.25) is 0 Å². The second kappa shape index (κ2) is 5.50. The standard InChI is InChI=1S/C14H22N2O/c1-11(2)9-12-5-4-6-14(15-12)16-8-7-13(10-16)17-3/h4-6,11,13H,7-10H2,1-3H3/t13-/m0/s1. The van der Waals surface area contributed by atoms with E-state index in [2.05, 4.69) is 36.9 Å². The molecule has 2 heterocycles. The largest absolute Gasteiger partial charge is 0.380 e. The van der Waals surface area contributed by atoms with E-state index in [1.807, 2.05) is 0 Å². The Kier molecular flexibility index (Phi) is 4.00. The molecule has 17 heavy (non-hydrogen) atoms. The molecule has 1 atom stereocenters. The predicted octanol–water partition coefficient (Wildman–Crippen LogP) is 2.51. The highest BCUT2D eigenvalue weighted by Gasteiger charge is 2.22. The Hall–Kier alpha value is -1.09. The van der Waals surface area contributed by atoms with Crippen molar-refractivity contribution in [2.24, 2.45) is 5.92 Å². The average molecular weight is 234 g/mol. The molecule has 0 N–H and O–H groups in total. The molecular weight excluding hydrogens is 212 g/mol. The van der Waals surface area contributed by atoms with Gasteiger partial charge in [-0.25, -0.2) is 4.98 Å². The highest BCUT2D eigenvalue weighted by Crippen LogP contribution is 2.20. The van der Waals surface area contributed by atoms with E-state index in [1.165, 1.54) is 5.69 Å². The van der Waals surface area contributed by atoms with E-state index in [1.54, 1.807) is 7.11 Å². The van der Waals surface area contributed by atoms with Gasteiger partial charge in [-0.2, -0.15) is 0 Å². The zero-order valence-corrected chi connectivity index (χ0v) is 11.0. The van der Waals surface area contributed by atoms with Crippen molar-refractivity contribution in [3.8, 4) is 0 Å². The Bertz CT molecular complexity index is 365. The maximum Gasteiger partial charge on any atom is 0.128 e. The van der Waals surface area contributed by atoms with E-state index in [0.29, 0.717) is 12.0 Å². The van der Waals surface area contributed by atoms with Gasteiger partial charge in [-0.3, -0.25) is 0 Å². The molecule has 0 saturated carbocycles. The summed E-state index contributed by atoms with van der Waals surface area (Å²) in [5.74, 6) is 1.76. The fourth-order valence-corrected chi connectivity index (χ4v) is 2.30. The molecule has 3 heteroatoms. The van der Waals surface area contributed by atoms with Crippen LogP contribution in [-0.2, 0) is 11.2 Å². The van der Waals surface area contributed by atoms with Gasteiger partial charge in [0, 0.05) is 25.9 Å². The van der Waals surface area contributed by atoms with Crippen LogP contribution in [0.15, 0.2) is 18.2 Å². The number of hydrogen-bond donors (Lipinski definition) is 0. The molecule has 1 aromatic rings. The van der Waals surface area contributed by atoms with Gasteiger partial charge in [-0.15, -0.1) is 0 Å². The maximum absolute atomic E-state index is 5.39. The molecule has 0 radical (unpaired) electrons. The summed E-state index contributed by atoms with van der Waals surface area (Å²) in [6.07, 6.45) is 2.52. The molecule has 0 aliphatic carbocycles. The fourth-order valence-electron chi connectivity index (χ4n) is 2.30. The Morgan fingerprint density at radius 3 is 2.94 bits per heavy atom. The van der Waals surface area contributed by atoms with Crippen LogP contribution in [-0.4, -0.2) is 31.3 Å². The van der Waals surface area contributed by atoms with Crippen LogP contribution in [0.2, 0.25) is 0 Å². The number of aromatic nitrogens is 1. The summed E-state index contributed by atoms with van der Waals surface area (Å²) < 4.78 is 5.39. The molecule has 1 aliphatic rings. The molecule has 94 valence electrons. The third kappa shape index (κ3) is 3.19. The summed E-state index contributed by atoms with van der Waals surface area (Å²) in [7, 11) is 1.79. The van der Waals surface area contributed by atoms with E-state index < -0.39 is 0 Å². The van der Waals surface area contributed by atoms with Crippen molar-refractivity contribution in [1.29, 1.82) is 0 Å². The molecular formula is C14H22N2O. The smallest absolute Gasteiger partial charge is 0.128 e. The van der Waals surface area contributed by atoms with Gasteiger partial charge in [0.05, 0.1) is 6.10 Å². The molecule has 1 aromatic heterocycles. The summed E-state index contributed by atoms with van der Waals surface area (Å²) >= 11 is 0. The van der Waals surface area contributed by atoms with Crippen molar-refractivity contribution in [3.63, 3.8) is 0 Å². The lowest BCUT2D eigenvalue weighted by Gasteiger charge is -2.18. The lowest BCUT2D eigenvalue weighted by Crippen LogP contribution is -2.23. The van der Waals surface area contributed by atoms with Crippen LogP contribution in [0, 0.1) is 5.92 Å². The highest BCUT2D eigenvalue weighted by molar-refractivity contribution is 5.40. The monoisotopic (exact) mass is 234 g/mol. The Balaban J connectivity index is 2.06. The van der Waals surface area contributed by atoms with Crippen molar-refractivity contribution in [1.82, 2.24) is 4.98 Å². The van der Waals surface area contributed by atoms with Crippen molar-refractivity contribution >= 4 is 5.82 Å². The third-order valence-corrected chi connectivity index (χ3v) is 3.21. The van der Waals surface area contributed by atoms with Crippen LogP contribution in [0.25, 0.3) is 0 Å². The Morgan fingerprint density at radius 2 is 2.29 bits per heavy atom. The summed E-state index contributed by atoms with van der Waals surface area (Å²) in [4.78, 5) is 7.05. The van der Waals surface area contributed by atoms with Crippen LogP contribution in [0.5, 0.6) is 0 Å². The average Bonchev–Trinajstić information content (AvgIpc) is 2.77. The van der Waals surface area contributed by atoms with Crippen LogP contribution in [0.1, 0.15) is 26.0 Å². The third-order valence-electron chi connectivity index (χ3n) is 3.21. The lowest BCUT2D eigenvalue weighted by molar-refractivity contribution is 0.121. The first-order valence-electron chi connectivity index (χ1n) is 6.42. The second-order valence-electron chi connectivity index (χ2n) is 5.18. The summed E-state index contributed by atoms with van der Waals surface area (Å²) in [5, 5.41) is 0. The highest BCUT2D eigenvalue weighted by atomic mass is 16.5. The minimum atomic E-state index is 0.366. The van der Waals surface area contributed by atoms with Crippen molar-refractivity contribution in [2.45, 2.75) is 32.8 Å². The molecule has 0 unspecified atom stereocenters. The van der Waals surface area contributed by atoms with Gasteiger partial charge in [0.25, 0.3) is 0 Å². The number of ether oxygens (including phenoxy) is 1. The van der Waals surface area contributed by atoms with Crippen LogP contribution in [0.3, 0.4) is 0 Å². The van der Waals surface area contributed by atoms with Gasteiger partial charge in [0.15, 0.2) is 0 Å². The number of nitrogens with zero attached hydrogens (tertiary/aromatic N) is 2. The molecule has 2 rings (SSSR count). The first-order chi connectivity index (χ1) is 8.19. The summed E-state index contributed by atoms with van der Waals surface area (Å²) in [5.41, 5.74) is 1.19. The van der Waals surface area contributed by atoms with Crippen LogP contribution in [0.4, 0.5) is 5.82 Å². The van der Waals surface area contributed by atoms with E-state index in [4.69, 9.17) is 9.72 Å². The summed E-state index contributed by atoms with van der Waals surface area (Å²) in [6.45, 7) is 6.47. The molecule has 3 nitrogen and oxygen atoms in total. The molecule has 1 aliphatic heterocycles. The fraction of sp³-hybridized carbons (Fsp3) is 0.643. The molecule has 1 saturated heterocycles. The molecule has 0 bridgehead atoms. The number of hydrogen-bond acceptors (Lipinski definition) is 3. The first kappa shape index (κ1) is 12.4. The Morgan fingerprint density at radius 1 is 1.47 bits per heavy atom. The van der Waals surface area contributed by atoms with Gasteiger partial charge in [-0.05, 0) is 30.9 Å². The van der Waals surface area contributed by atoms with E-state index >= 15 is 0 Å².